The molecule has 0 aliphatic heterocycles. The predicted molar refractivity (Wildman–Crippen MR) is 589 cm³/mol. The topological polar surface area (TPSA) is 129 Å². The normalized spacial score (nSPS) is 18.3. The quantitative estimate of drug-likeness (QED) is 0.136. The zero-order chi connectivity index (χ0) is 95.4. The van der Waals surface area contributed by atoms with Crippen LogP contribution in [0.5, 0.6) is 0 Å². The Kier molecular flexibility index (Phi) is 65.0. The number of allylic oxidation sites excluding steroid dienone is 4. The number of rotatable bonds is 0. The third-order valence-corrected chi connectivity index (χ3v) is 24.5. The minimum Gasteiger partial charge on any atom is -0.244 e. The highest BCUT2D eigenvalue weighted by atomic mass is 15.1. The summed E-state index contributed by atoms with van der Waals surface area (Å²) in [5, 5.41) is 24.4. The minimum atomic E-state index is 0. The van der Waals surface area contributed by atoms with Crippen molar-refractivity contribution in [1.29, 1.82) is 0 Å². The molecule has 0 saturated heterocycles. The van der Waals surface area contributed by atoms with E-state index in [0.717, 1.165) is 25.7 Å². The van der Waals surface area contributed by atoms with Crippen molar-refractivity contribution in [3.63, 3.8) is 0 Å². The molecule has 0 spiro atoms. The van der Waals surface area contributed by atoms with Crippen molar-refractivity contribution in [2.45, 2.75) is 568 Å². The van der Waals surface area contributed by atoms with Crippen LogP contribution in [0, 0.1) is 21.7 Å². The molecule has 8 aliphatic carbocycles. The van der Waals surface area contributed by atoms with Crippen LogP contribution in [-0.2, 0) is 65.0 Å². The van der Waals surface area contributed by atoms with Gasteiger partial charge in [0.2, 0.25) is 0 Å². The van der Waals surface area contributed by atoms with Crippen LogP contribution in [0.4, 0.5) is 0 Å². The molecule has 0 fully saturated rings. The second kappa shape index (κ2) is 58.4. The summed E-state index contributed by atoms with van der Waals surface area (Å²) in [5.41, 5.74) is 27.5. The lowest BCUT2D eigenvalue weighted by Crippen LogP contribution is -2.22. The first-order valence-corrected chi connectivity index (χ1v) is 48.2. The summed E-state index contributed by atoms with van der Waals surface area (Å²) >= 11 is 0. The first kappa shape index (κ1) is 143. The van der Waals surface area contributed by atoms with Gasteiger partial charge in [-0.1, -0.05) is 466 Å². The second-order valence-electron chi connectivity index (χ2n) is 44.7. The standard InChI is InChI=1S/C14H26.C13H18.C13H24.5C11H16N2.8C2H6.8CH4/c1-13(2,3)11-9-7-8-10-12(11)14(4,5)6;1-12(2)9-13(3,4)11-8-6-5-7-10(11)12;1-12(2,3)10-8-7-9-11(10)13(4,5)6;2*1-10(2)6-11(3,4)9-8(10)5-12-7-13-9;1-10(2)7-11(3,4)9-6-13-12-5-8(9)10;2*1-10(2)7-11(3,4)9-8(10)5-6-12-13-9;8*1-2;;;;;;;;/h7-10H2,1-6H3;5-8H,9H2,1-4H3;7-9H2,1-6H3;2*5,7H,6H2,1-4H3;3*5-6H,7H2,1-4H3;8*1-2H3;8*1H4. The highest BCUT2D eigenvalue weighted by Crippen LogP contribution is 2.54. The number of aromatic nitrogens is 10. The van der Waals surface area contributed by atoms with Crippen molar-refractivity contribution < 1.29 is 0 Å². The lowest BCUT2D eigenvalue weighted by atomic mass is 9.69. The second-order valence-corrected chi connectivity index (χ2v) is 44.7. The number of hydrogen-bond acceptors (Lipinski definition) is 10. The van der Waals surface area contributed by atoms with E-state index >= 15 is 0 Å². The van der Waals surface area contributed by atoms with Gasteiger partial charge in [0, 0.05) is 46.4 Å². The molecular weight excluding hydrogens is 1570 g/mol. The van der Waals surface area contributed by atoms with Crippen LogP contribution in [0.2, 0.25) is 0 Å². The number of hydrogen-bond donors (Lipinski definition) is 0. The Balaban J connectivity index is -0.000000152. The third kappa shape index (κ3) is 38.8. The van der Waals surface area contributed by atoms with Gasteiger partial charge in [-0.25, -0.2) is 19.9 Å². The lowest BCUT2D eigenvalue weighted by molar-refractivity contribution is 0.389. The van der Waals surface area contributed by atoms with Gasteiger partial charge in [0.15, 0.2) is 0 Å². The Labute approximate surface area is 810 Å². The smallest absolute Gasteiger partial charge is 0.115 e. The van der Waals surface area contributed by atoms with Crippen LogP contribution in [-0.4, -0.2) is 50.5 Å². The van der Waals surface area contributed by atoms with E-state index in [-0.39, 0.29) is 114 Å². The summed E-state index contributed by atoms with van der Waals surface area (Å²) in [7, 11) is 0. The summed E-state index contributed by atoms with van der Waals surface area (Å²) in [4.78, 5) is 17.0. The molecule has 10 nitrogen and oxygen atoms in total. The van der Waals surface area contributed by atoms with Gasteiger partial charge in [-0.2, -0.15) is 30.6 Å². The van der Waals surface area contributed by atoms with Gasteiger partial charge in [-0.3, -0.25) is 0 Å². The van der Waals surface area contributed by atoms with E-state index in [9.17, 15) is 0 Å². The van der Waals surface area contributed by atoms with Gasteiger partial charge in [-0.05, 0) is 205 Å². The molecule has 0 bridgehead atoms. The largest absolute Gasteiger partial charge is 0.244 e. The molecule has 0 N–H and O–H groups in total. The van der Waals surface area contributed by atoms with Gasteiger partial charge in [0.05, 0.1) is 35.2 Å². The molecule has 5 heterocycles. The molecule has 754 valence electrons. The molecule has 6 aromatic rings. The Morgan fingerprint density at radius 2 is 0.419 bits per heavy atom. The maximum atomic E-state index is 4.40. The van der Waals surface area contributed by atoms with Crippen LogP contribution in [0.15, 0.2) is 109 Å². The molecular formula is C119H228N10. The van der Waals surface area contributed by atoms with Gasteiger partial charge in [0.1, 0.15) is 12.7 Å². The summed E-state index contributed by atoms with van der Waals surface area (Å²) in [6.45, 7) is 115. The van der Waals surface area contributed by atoms with Crippen LogP contribution in [0.3, 0.4) is 0 Å². The first-order chi connectivity index (χ1) is 55.6. The van der Waals surface area contributed by atoms with Crippen molar-refractivity contribution in [3.05, 3.63) is 176 Å². The fraction of sp³-hybridized carbons (Fsp3) is 0.748. The Hall–Kier alpha value is -5.90. The Morgan fingerprint density at radius 1 is 0.217 bits per heavy atom. The van der Waals surface area contributed by atoms with Crippen LogP contribution >= 0.6 is 0 Å². The fourth-order valence-electron chi connectivity index (χ4n) is 21.2. The highest BCUT2D eigenvalue weighted by molar-refractivity contribution is 5.46. The van der Waals surface area contributed by atoms with Crippen molar-refractivity contribution in [3.8, 4) is 0 Å². The van der Waals surface area contributed by atoms with Gasteiger partial charge in [-0.15, -0.1) is 0 Å². The fourth-order valence-corrected chi connectivity index (χ4v) is 21.2. The van der Waals surface area contributed by atoms with Crippen LogP contribution in [0.25, 0.3) is 0 Å². The maximum Gasteiger partial charge on any atom is 0.115 e. The molecule has 14 rings (SSSR count). The monoisotopic (exact) mass is 1800 g/mol. The molecule has 5 aromatic heterocycles. The van der Waals surface area contributed by atoms with Crippen LogP contribution in [0.1, 0.15) is 570 Å². The van der Waals surface area contributed by atoms with E-state index in [1.54, 1.807) is 58.5 Å². The Morgan fingerprint density at radius 3 is 0.643 bits per heavy atom. The summed E-state index contributed by atoms with van der Waals surface area (Å²) in [5.74, 6) is 0. The number of nitrogens with zero attached hydrogens (tertiary/aromatic N) is 10. The molecule has 10 heteroatoms. The van der Waals surface area contributed by atoms with E-state index in [1.807, 2.05) is 136 Å². The van der Waals surface area contributed by atoms with E-state index in [0.29, 0.717) is 32.5 Å². The molecule has 0 saturated carbocycles. The molecule has 0 unspecified atom stereocenters. The van der Waals surface area contributed by atoms with Gasteiger partial charge >= 0.3 is 0 Å². The highest BCUT2D eigenvalue weighted by Gasteiger charge is 2.48. The molecule has 129 heavy (non-hydrogen) atoms. The van der Waals surface area contributed by atoms with Gasteiger partial charge < -0.3 is 0 Å². The molecule has 0 atom stereocenters. The summed E-state index contributed by atoms with van der Waals surface area (Å²) in [6.07, 6.45) is 31.2. The van der Waals surface area contributed by atoms with Crippen LogP contribution < -0.4 is 0 Å². The zero-order valence-electron chi connectivity index (χ0n) is 89.7. The predicted octanol–water partition coefficient (Wildman–Crippen LogP) is 38.6. The lowest BCUT2D eigenvalue weighted by Gasteiger charge is -2.36. The number of benzene rings is 1. The van der Waals surface area contributed by atoms with Crippen molar-refractivity contribution in [2.75, 3.05) is 0 Å². The first-order valence-electron chi connectivity index (χ1n) is 48.2. The average molecular weight is 1800 g/mol. The number of fused-ring (bicyclic) bond motifs is 6. The minimum absolute atomic E-state index is 0. The van der Waals surface area contributed by atoms with Crippen molar-refractivity contribution in [1.82, 2.24) is 50.5 Å². The van der Waals surface area contributed by atoms with E-state index in [4.69, 9.17) is 0 Å². The van der Waals surface area contributed by atoms with Crippen molar-refractivity contribution in [2.24, 2.45) is 21.7 Å². The third-order valence-electron chi connectivity index (χ3n) is 24.5. The van der Waals surface area contributed by atoms with Gasteiger partial charge in [0.25, 0.3) is 0 Å². The molecule has 0 radical (unpaired) electrons. The van der Waals surface area contributed by atoms with E-state index in [2.05, 4.69) is 336 Å². The van der Waals surface area contributed by atoms with E-state index in [1.165, 1.54) is 114 Å². The van der Waals surface area contributed by atoms with E-state index < -0.39 is 0 Å². The Bertz CT molecular complexity index is 3270. The van der Waals surface area contributed by atoms with Crippen molar-refractivity contribution >= 4 is 0 Å². The maximum absolute atomic E-state index is 4.40. The summed E-state index contributed by atoms with van der Waals surface area (Å²) < 4.78 is 0. The molecule has 0 amide bonds. The zero-order valence-corrected chi connectivity index (χ0v) is 89.7. The SMILES string of the molecule is C.C.C.C.C.C.C.C.CC.CC.CC.CC.CC.CC.CC.CC.CC(C)(C)C1=C(C(C)(C)C)CCC1.CC(C)(C)C1=C(C(C)(C)C)CCCC1.CC1(C)CC(C)(C)c2ccccc21.CC1(C)CC(C)(C)c2cnncc21.CC1(C)CC(C)(C)c2ncncc21.CC1(C)CC(C)(C)c2ncncc21.CC1(C)CC(C)(C)c2nnccc21.CC1(C)CC(C)(C)c2nnccc21. The average Bonchev–Trinajstić information content (AvgIpc) is 1.63. The molecule has 1 aromatic carbocycles. The summed E-state index contributed by atoms with van der Waals surface area (Å²) in [6, 6.07) is 13.1. The molecule has 8 aliphatic rings.